The number of nitrogens with zero attached hydrogens (tertiary/aromatic N) is 2. The molecule has 0 saturated carbocycles. The van der Waals surface area contributed by atoms with E-state index in [1.165, 1.54) is 7.11 Å². The van der Waals surface area contributed by atoms with Crippen molar-refractivity contribution < 1.29 is 14.3 Å². The van der Waals surface area contributed by atoms with E-state index in [-0.39, 0.29) is 5.91 Å². The van der Waals surface area contributed by atoms with Gasteiger partial charge < -0.3 is 19.9 Å². The van der Waals surface area contributed by atoms with Crippen LogP contribution < -0.4 is 10.2 Å². The number of amides is 1. The zero-order valence-corrected chi connectivity index (χ0v) is 15.9. The first kappa shape index (κ1) is 19.2. The Morgan fingerprint density at radius 3 is 2.32 bits per heavy atom. The van der Waals surface area contributed by atoms with Crippen LogP contribution in [0.4, 0.5) is 11.4 Å². The molecule has 1 aromatic carbocycles. The van der Waals surface area contributed by atoms with Gasteiger partial charge in [0.2, 0.25) is 5.91 Å². The molecule has 0 atom stereocenters. The molecule has 0 spiro atoms. The Balaban J connectivity index is 2.31. The van der Waals surface area contributed by atoms with Crippen molar-refractivity contribution in [1.29, 1.82) is 0 Å². The number of methoxy groups -OCH3 is 1. The molecule has 25 heavy (non-hydrogen) atoms. The van der Waals surface area contributed by atoms with Crippen LogP contribution in [0.1, 0.15) is 38.1 Å². The summed E-state index contributed by atoms with van der Waals surface area (Å²) in [5.41, 5.74) is 1.52. The molecular formula is C19H29N3O3. The minimum atomic E-state index is -0.514. The van der Waals surface area contributed by atoms with Gasteiger partial charge in [0, 0.05) is 31.6 Å². The molecule has 0 unspecified atom stereocenters. The van der Waals surface area contributed by atoms with Gasteiger partial charge in [0.1, 0.15) is 0 Å². The standard InChI is InChI=1S/C19H29N3O3/c1-6-21-9-11-22(12-10-21)16-8-7-14(17(23)25-5)13-15(16)20-18(24)19(2,3)4/h7-8,13H,6,9-12H2,1-5H3,(H,20,24). The zero-order valence-electron chi connectivity index (χ0n) is 15.9. The fraction of sp³-hybridized carbons (Fsp3) is 0.579. The van der Waals surface area contributed by atoms with Crippen molar-refractivity contribution in [3.8, 4) is 0 Å². The van der Waals surface area contributed by atoms with Gasteiger partial charge in [-0.1, -0.05) is 27.7 Å². The number of anilines is 2. The molecule has 1 N–H and O–H groups in total. The summed E-state index contributed by atoms with van der Waals surface area (Å²) < 4.78 is 4.81. The van der Waals surface area contributed by atoms with Crippen molar-refractivity contribution >= 4 is 23.3 Å². The maximum absolute atomic E-state index is 12.5. The number of rotatable bonds is 4. The van der Waals surface area contributed by atoms with Crippen molar-refractivity contribution in [3.63, 3.8) is 0 Å². The summed E-state index contributed by atoms with van der Waals surface area (Å²) in [5, 5.41) is 2.99. The number of benzene rings is 1. The molecule has 1 saturated heterocycles. The molecule has 6 nitrogen and oxygen atoms in total. The summed E-state index contributed by atoms with van der Waals surface area (Å²) in [7, 11) is 1.35. The zero-order chi connectivity index (χ0) is 18.6. The average molecular weight is 347 g/mol. The van der Waals surface area contributed by atoms with E-state index in [1.54, 1.807) is 12.1 Å². The first-order valence-electron chi connectivity index (χ1n) is 8.77. The molecule has 1 aliphatic heterocycles. The van der Waals surface area contributed by atoms with Crippen LogP contribution in [0.2, 0.25) is 0 Å². The van der Waals surface area contributed by atoms with E-state index in [0.29, 0.717) is 11.3 Å². The van der Waals surface area contributed by atoms with E-state index in [9.17, 15) is 9.59 Å². The SMILES string of the molecule is CCN1CCN(c2ccc(C(=O)OC)cc2NC(=O)C(C)(C)C)CC1. The molecule has 1 heterocycles. The molecule has 0 aliphatic carbocycles. The molecule has 138 valence electrons. The Bertz CT molecular complexity index is 629. The second-order valence-electron chi connectivity index (χ2n) is 7.35. The van der Waals surface area contributed by atoms with Crippen LogP contribution in [0.15, 0.2) is 18.2 Å². The predicted molar refractivity (Wildman–Crippen MR) is 100 cm³/mol. The van der Waals surface area contributed by atoms with Crippen LogP contribution in [0.5, 0.6) is 0 Å². The summed E-state index contributed by atoms with van der Waals surface area (Å²) in [6, 6.07) is 5.35. The molecule has 1 fully saturated rings. The van der Waals surface area contributed by atoms with E-state index in [1.807, 2.05) is 26.8 Å². The highest BCUT2D eigenvalue weighted by molar-refractivity contribution is 6.00. The summed E-state index contributed by atoms with van der Waals surface area (Å²) in [4.78, 5) is 29.0. The highest BCUT2D eigenvalue weighted by atomic mass is 16.5. The number of carbonyl (C=O) groups is 2. The van der Waals surface area contributed by atoms with Crippen molar-refractivity contribution in [3.05, 3.63) is 23.8 Å². The number of carbonyl (C=O) groups excluding carboxylic acids is 2. The monoisotopic (exact) mass is 347 g/mol. The maximum atomic E-state index is 12.5. The summed E-state index contributed by atoms with van der Waals surface area (Å²) >= 11 is 0. The Morgan fingerprint density at radius 2 is 1.80 bits per heavy atom. The van der Waals surface area contributed by atoms with Gasteiger partial charge in [-0.2, -0.15) is 0 Å². The number of ether oxygens (including phenoxy) is 1. The molecule has 1 amide bonds. The molecule has 0 radical (unpaired) electrons. The second-order valence-corrected chi connectivity index (χ2v) is 7.35. The first-order valence-corrected chi connectivity index (χ1v) is 8.77. The van der Waals surface area contributed by atoms with Crippen LogP contribution in [0.25, 0.3) is 0 Å². The van der Waals surface area contributed by atoms with E-state index in [4.69, 9.17) is 4.74 Å². The first-order chi connectivity index (χ1) is 11.8. The van der Waals surface area contributed by atoms with Gasteiger partial charge in [-0.3, -0.25) is 4.79 Å². The van der Waals surface area contributed by atoms with Crippen LogP contribution >= 0.6 is 0 Å². The molecule has 2 rings (SSSR count). The molecule has 1 aliphatic rings. The number of nitrogens with one attached hydrogen (secondary N) is 1. The van der Waals surface area contributed by atoms with Gasteiger partial charge in [0.15, 0.2) is 0 Å². The van der Waals surface area contributed by atoms with Crippen LogP contribution in [-0.4, -0.2) is 56.6 Å². The van der Waals surface area contributed by atoms with Gasteiger partial charge >= 0.3 is 5.97 Å². The highest BCUT2D eigenvalue weighted by Gasteiger charge is 2.25. The van der Waals surface area contributed by atoms with Crippen molar-refractivity contribution in [2.45, 2.75) is 27.7 Å². The second kappa shape index (κ2) is 7.87. The normalized spacial score (nSPS) is 15.8. The third-order valence-corrected chi connectivity index (χ3v) is 4.51. The van der Waals surface area contributed by atoms with Crippen molar-refractivity contribution in [2.75, 3.05) is 50.1 Å². The lowest BCUT2D eigenvalue weighted by molar-refractivity contribution is -0.123. The highest BCUT2D eigenvalue weighted by Crippen LogP contribution is 2.30. The molecule has 0 aromatic heterocycles. The van der Waals surface area contributed by atoms with Gasteiger partial charge in [0.25, 0.3) is 0 Å². The van der Waals surface area contributed by atoms with Crippen LogP contribution in [0, 0.1) is 5.41 Å². The van der Waals surface area contributed by atoms with Gasteiger partial charge in [-0.05, 0) is 24.7 Å². The summed E-state index contributed by atoms with van der Waals surface area (Å²) in [5.74, 6) is -0.489. The number of hydrogen-bond acceptors (Lipinski definition) is 5. The predicted octanol–water partition coefficient (Wildman–Crippen LogP) is 2.60. The molecular weight excluding hydrogens is 318 g/mol. The fourth-order valence-corrected chi connectivity index (χ4v) is 2.77. The number of hydrogen-bond donors (Lipinski definition) is 1. The number of likely N-dealkylation sites (N-methyl/N-ethyl adjacent to an activating group) is 1. The Kier molecular flexibility index (Phi) is 6.06. The van der Waals surface area contributed by atoms with Crippen LogP contribution in [-0.2, 0) is 9.53 Å². The quantitative estimate of drug-likeness (QED) is 0.849. The number of piperazine rings is 1. The summed E-state index contributed by atoms with van der Waals surface area (Å²) in [6.07, 6.45) is 0. The van der Waals surface area contributed by atoms with E-state index < -0.39 is 11.4 Å². The molecule has 6 heteroatoms. The minimum absolute atomic E-state index is 0.0806. The minimum Gasteiger partial charge on any atom is -0.465 e. The van der Waals surface area contributed by atoms with Crippen LogP contribution in [0.3, 0.4) is 0 Å². The lowest BCUT2D eigenvalue weighted by Gasteiger charge is -2.36. The van der Waals surface area contributed by atoms with Crippen molar-refractivity contribution in [1.82, 2.24) is 4.90 Å². The molecule has 0 bridgehead atoms. The lowest BCUT2D eigenvalue weighted by Crippen LogP contribution is -2.46. The van der Waals surface area contributed by atoms with E-state index >= 15 is 0 Å². The number of esters is 1. The Morgan fingerprint density at radius 1 is 1.16 bits per heavy atom. The Hall–Kier alpha value is -2.08. The maximum Gasteiger partial charge on any atom is 0.337 e. The largest absolute Gasteiger partial charge is 0.465 e. The Labute approximate surface area is 150 Å². The van der Waals surface area contributed by atoms with Gasteiger partial charge in [-0.25, -0.2) is 4.79 Å². The smallest absolute Gasteiger partial charge is 0.337 e. The van der Waals surface area contributed by atoms with E-state index in [0.717, 1.165) is 38.4 Å². The lowest BCUT2D eigenvalue weighted by atomic mass is 9.95. The van der Waals surface area contributed by atoms with E-state index in [2.05, 4.69) is 22.0 Å². The molecule has 1 aromatic rings. The van der Waals surface area contributed by atoms with Gasteiger partial charge in [-0.15, -0.1) is 0 Å². The van der Waals surface area contributed by atoms with Gasteiger partial charge in [0.05, 0.1) is 24.0 Å². The third kappa shape index (κ3) is 4.72. The fourth-order valence-electron chi connectivity index (χ4n) is 2.77. The average Bonchev–Trinajstić information content (AvgIpc) is 2.60. The third-order valence-electron chi connectivity index (χ3n) is 4.51. The topological polar surface area (TPSA) is 61.9 Å². The summed E-state index contributed by atoms with van der Waals surface area (Å²) in [6.45, 7) is 12.6. The van der Waals surface area contributed by atoms with Crippen molar-refractivity contribution in [2.24, 2.45) is 5.41 Å².